The minimum absolute atomic E-state index is 0.303. The number of halogens is 3. The van der Waals surface area contributed by atoms with Gasteiger partial charge in [0.05, 0.1) is 22.5 Å². The number of benzene rings is 1. The lowest BCUT2D eigenvalue weighted by molar-refractivity contribution is -0.137. The Morgan fingerprint density at radius 2 is 1.89 bits per heavy atom. The normalized spacial score (nSPS) is 17.3. The summed E-state index contributed by atoms with van der Waals surface area (Å²) in [4.78, 5) is -0.303. The summed E-state index contributed by atoms with van der Waals surface area (Å²) in [6, 6.07) is 7.69. The maximum absolute atomic E-state index is 12.9. The standard InChI is InChI=1S/C18H20F3NO3S2/c19-18(20,21)15-3-1-5-17(11-15)27(23,24)22-8-6-14(7-9-22)12-26-13-16-4-2-10-25-16/h1-5,10-11,14H,6-9,12-13H2. The van der Waals surface area contributed by atoms with Gasteiger partial charge in [-0.1, -0.05) is 6.07 Å². The molecule has 148 valence electrons. The Labute approximate surface area is 160 Å². The van der Waals surface area contributed by atoms with Gasteiger partial charge in [-0.3, -0.25) is 0 Å². The van der Waals surface area contributed by atoms with Gasteiger partial charge >= 0.3 is 6.18 Å². The highest BCUT2D eigenvalue weighted by atomic mass is 32.2. The second-order valence-electron chi connectivity index (χ2n) is 6.47. The van der Waals surface area contributed by atoms with Gasteiger partial charge in [-0.05, 0) is 54.8 Å². The van der Waals surface area contributed by atoms with Crippen LogP contribution in [0.25, 0.3) is 0 Å². The predicted molar refractivity (Wildman–Crippen MR) is 97.8 cm³/mol. The van der Waals surface area contributed by atoms with E-state index in [0.29, 0.717) is 37.9 Å². The molecule has 0 radical (unpaired) electrons. The van der Waals surface area contributed by atoms with E-state index in [9.17, 15) is 21.6 Å². The van der Waals surface area contributed by atoms with Gasteiger partial charge in [0.1, 0.15) is 5.76 Å². The van der Waals surface area contributed by atoms with Crippen LogP contribution >= 0.6 is 11.8 Å². The molecular weight excluding hydrogens is 399 g/mol. The number of sulfonamides is 1. The van der Waals surface area contributed by atoms with E-state index in [-0.39, 0.29) is 4.90 Å². The first-order chi connectivity index (χ1) is 12.8. The van der Waals surface area contributed by atoms with Gasteiger partial charge in [0.25, 0.3) is 0 Å². The van der Waals surface area contributed by atoms with Crippen molar-refractivity contribution in [3.05, 3.63) is 54.0 Å². The van der Waals surface area contributed by atoms with E-state index in [1.165, 1.54) is 10.4 Å². The second-order valence-corrected chi connectivity index (χ2v) is 9.44. The zero-order valence-electron chi connectivity index (χ0n) is 14.5. The first kappa shape index (κ1) is 20.3. The Bertz CT molecular complexity index is 843. The molecule has 1 fully saturated rings. The molecule has 3 rings (SSSR count). The van der Waals surface area contributed by atoms with E-state index in [1.807, 2.05) is 12.1 Å². The van der Waals surface area contributed by atoms with Gasteiger partial charge < -0.3 is 4.42 Å². The third-order valence-electron chi connectivity index (χ3n) is 4.55. The van der Waals surface area contributed by atoms with Gasteiger partial charge in [0, 0.05) is 13.1 Å². The minimum atomic E-state index is -4.57. The third kappa shape index (κ3) is 5.08. The Balaban J connectivity index is 1.56. The molecule has 4 nitrogen and oxygen atoms in total. The molecule has 27 heavy (non-hydrogen) atoms. The Kier molecular flexibility index (Phi) is 6.22. The van der Waals surface area contributed by atoms with E-state index in [0.717, 1.165) is 29.4 Å². The fourth-order valence-electron chi connectivity index (χ4n) is 3.02. The van der Waals surface area contributed by atoms with Crippen LogP contribution in [-0.4, -0.2) is 31.6 Å². The van der Waals surface area contributed by atoms with Crippen molar-refractivity contribution < 1.29 is 26.0 Å². The number of nitrogens with zero attached hydrogens (tertiary/aromatic N) is 1. The summed E-state index contributed by atoms with van der Waals surface area (Å²) >= 11 is 1.74. The van der Waals surface area contributed by atoms with Gasteiger partial charge in [-0.25, -0.2) is 8.42 Å². The SMILES string of the molecule is O=S(=O)(c1cccc(C(F)(F)F)c1)N1CCC(CSCc2ccco2)CC1. The average molecular weight is 419 g/mol. The van der Waals surface area contributed by atoms with Crippen molar-refractivity contribution in [1.29, 1.82) is 0 Å². The highest BCUT2D eigenvalue weighted by Gasteiger charge is 2.34. The summed E-state index contributed by atoms with van der Waals surface area (Å²) in [5.74, 6) is 2.97. The summed E-state index contributed by atoms with van der Waals surface area (Å²) in [5.41, 5.74) is -0.951. The fourth-order valence-corrected chi connectivity index (χ4v) is 5.69. The molecule has 1 aromatic heterocycles. The highest BCUT2D eigenvalue weighted by Crippen LogP contribution is 2.32. The predicted octanol–water partition coefficient (Wildman–Crippen LogP) is 4.63. The molecular formula is C18H20F3NO3S2. The first-order valence-corrected chi connectivity index (χ1v) is 11.1. The summed E-state index contributed by atoms with van der Waals surface area (Å²) in [6.45, 7) is 0.648. The van der Waals surface area contributed by atoms with Crippen LogP contribution in [0.3, 0.4) is 0 Å². The molecule has 0 bridgehead atoms. The van der Waals surface area contributed by atoms with Crippen LogP contribution in [0, 0.1) is 5.92 Å². The Hall–Kier alpha value is -1.45. The van der Waals surface area contributed by atoms with Crippen LogP contribution in [-0.2, 0) is 22.0 Å². The first-order valence-electron chi connectivity index (χ1n) is 8.54. The van der Waals surface area contributed by atoms with Gasteiger partial charge in [-0.15, -0.1) is 0 Å². The summed E-state index contributed by atoms with van der Waals surface area (Å²) in [7, 11) is -3.91. The number of rotatable bonds is 6. The van der Waals surface area contributed by atoms with Crippen molar-refractivity contribution in [2.45, 2.75) is 29.7 Å². The molecule has 9 heteroatoms. The van der Waals surface area contributed by atoms with Crippen LogP contribution in [0.2, 0.25) is 0 Å². The lowest BCUT2D eigenvalue weighted by atomic mass is 10.0. The van der Waals surface area contributed by atoms with Gasteiger partial charge in [-0.2, -0.15) is 29.2 Å². The molecule has 0 N–H and O–H groups in total. The van der Waals surface area contributed by atoms with Crippen LogP contribution in [0.15, 0.2) is 52.0 Å². The number of alkyl halides is 3. The van der Waals surface area contributed by atoms with Crippen LogP contribution in [0.1, 0.15) is 24.2 Å². The van der Waals surface area contributed by atoms with Crippen molar-refractivity contribution in [1.82, 2.24) is 4.31 Å². The molecule has 1 aromatic carbocycles. The smallest absolute Gasteiger partial charge is 0.416 e. The fraction of sp³-hybridized carbons (Fsp3) is 0.444. The molecule has 1 saturated heterocycles. The van der Waals surface area contributed by atoms with E-state index in [1.54, 1.807) is 18.0 Å². The third-order valence-corrected chi connectivity index (χ3v) is 7.64. The highest BCUT2D eigenvalue weighted by molar-refractivity contribution is 7.98. The lowest BCUT2D eigenvalue weighted by Gasteiger charge is -2.31. The summed E-state index contributed by atoms with van der Waals surface area (Å²) < 4.78 is 70.5. The summed E-state index contributed by atoms with van der Waals surface area (Å²) in [5, 5.41) is 0. The van der Waals surface area contributed by atoms with Crippen molar-refractivity contribution in [3.8, 4) is 0 Å². The van der Waals surface area contributed by atoms with E-state index >= 15 is 0 Å². The molecule has 1 aliphatic rings. The number of hydrogen-bond acceptors (Lipinski definition) is 4. The van der Waals surface area contributed by atoms with Crippen molar-refractivity contribution in [3.63, 3.8) is 0 Å². The minimum Gasteiger partial charge on any atom is -0.468 e. The number of furan rings is 1. The number of hydrogen-bond donors (Lipinski definition) is 0. The topological polar surface area (TPSA) is 50.5 Å². The largest absolute Gasteiger partial charge is 0.468 e. The maximum Gasteiger partial charge on any atom is 0.416 e. The van der Waals surface area contributed by atoms with Crippen LogP contribution < -0.4 is 0 Å². The van der Waals surface area contributed by atoms with E-state index in [4.69, 9.17) is 4.42 Å². The van der Waals surface area contributed by atoms with Crippen LogP contribution in [0.5, 0.6) is 0 Å². The van der Waals surface area contributed by atoms with Crippen molar-refractivity contribution in [2.24, 2.45) is 5.92 Å². The molecule has 2 heterocycles. The van der Waals surface area contributed by atoms with Crippen molar-refractivity contribution in [2.75, 3.05) is 18.8 Å². The molecule has 0 amide bonds. The number of thioether (sulfide) groups is 1. The van der Waals surface area contributed by atoms with Gasteiger partial charge in [0.15, 0.2) is 0 Å². The molecule has 1 aliphatic heterocycles. The Morgan fingerprint density at radius 3 is 2.52 bits per heavy atom. The number of piperidine rings is 1. The lowest BCUT2D eigenvalue weighted by Crippen LogP contribution is -2.39. The maximum atomic E-state index is 12.9. The summed E-state index contributed by atoms with van der Waals surface area (Å²) in [6.07, 6.45) is -1.54. The molecule has 0 aliphatic carbocycles. The zero-order valence-corrected chi connectivity index (χ0v) is 16.1. The van der Waals surface area contributed by atoms with Crippen LogP contribution in [0.4, 0.5) is 13.2 Å². The molecule has 2 aromatic rings. The quantitative estimate of drug-likeness (QED) is 0.685. The van der Waals surface area contributed by atoms with E-state index < -0.39 is 21.8 Å². The monoisotopic (exact) mass is 419 g/mol. The zero-order chi connectivity index (χ0) is 19.5. The van der Waals surface area contributed by atoms with Crippen molar-refractivity contribution >= 4 is 21.8 Å². The molecule has 0 unspecified atom stereocenters. The van der Waals surface area contributed by atoms with Gasteiger partial charge in [0.2, 0.25) is 10.0 Å². The average Bonchev–Trinajstić information content (AvgIpc) is 3.15. The molecule has 0 spiro atoms. The Morgan fingerprint density at radius 1 is 1.15 bits per heavy atom. The molecule has 0 atom stereocenters. The molecule has 0 saturated carbocycles. The van der Waals surface area contributed by atoms with E-state index in [2.05, 4.69) is 0 Å². The second kappa shape index (κ2) is 8.28.